The summed E-state index contributed by atoms with van der Waals surface area (Å²) in [5.74, 6) is -0.348. The zero-order valence-electron chi connectivity index (χ0n) is 12.2. The van der Waals surface area contributed by atoms with Gasteiger partial charge in [0.1, 0.15) is 0 Å². The Kier molecular flexibility index (Phi) is 4.77. The molecule has 0 saturated carbocycles. The van der Waals surface area contributed by atoms with E-state index in [4.69, 9.17) is 5.73 Å². The number of anilines is 1. The van der Waals surface area contributed by atoms with Gasteiger partial charge in [0.05, 0.1) is 11.4 Å². The highest BCUT2D eigenvalue weighted by molar-refractivity contribution is 7.89. The van der Waals surface area contributed by atoms with Crippen molar-refractivity contribution in [3.8, 4) is 0 Å². The van der Waals surface area contributed by atoms with Crippen molar-refractivity contribution in [3.05, 3.63) is 24.3 Å². The van der Waals surface area contributed by atoms with Gasteiger partial charge in [-0.05, 0) is 45.0 Å². The molecule has 0 radical (unpaired) electrons. The third-order valence-electron chi connectivity index (χ3n) is 2.47. The molecule has 20 heavy (non-hydrogen) atoms. The minimum absolute atomic E-state index is 0.109. The lowest BCUT2D eigenvalue weighted by molar-refractivity contribution is -0.122. The van der Waals surface area contributed by atoms with Crippen LogP contribution in [0.2, 0.25) is 0 Å². The molecule has 0 bridgehead atoms. The SMILES string of the molecule is CN(CC(=O)NC(C)(C)C)S(=O)(=O)c1ccc(N)cc1. The maximum Gasteiger partial charge on any atom is 0.243 e. The van der Waals surface area contributed by atoms with Crippen LogP contribution in [-0.4, -0.2) is 37.8 Å². The molecule has 112 valence electrons. The van der Waals surface area contributed by atoms with Crippen molar-refractivity contribution < 1.29 is 13.2 Å². The molecule has 0 aliphatic heterocycles. The molecule has 0 aliphatic carbocycles. The van der Waals surface area contributed by atoms with Crippen molar-refractivity contribution in [2.24, 2.45) is 0 Å². The molecule has 0 saturated heterocycles. The van der Waals surface area contributed by atoms with Crippen molar-refractivity contribution in [1.29, 1.82) is 0 Å². The van der Waals surface area contributed by atoms with Gasteiger partial charge in [-0.3, -0.25) is 4.79 Å². The largest absolute Gasteiger partial charge is 0.399 e. The van der Waals surface area contributed by atoms with Crippen molar-refractivity contribution in [1.82, 2.24) is 9.62 Å². The smallest absolute Gasteiger partial charge is 0.243 e. The highest BCUT2D eigenvalue weighted by atomic mass is 32.2. The van der Waals surface area contributed by atoms with E-state index in [2.05, 4.69) is 5.32 Å². The molecule has 0 aliphatic rings. The average Bonchev–Trinajstić information content (AvgIpc) is 2.26. The van der Waals surface area contributed by atoms with Crippen LogP contribution in [0.25, 0.3) is 0 Å². The summed E-state index contributed by atoms with van der Waals surface area (Å²) in [5, 5.41) is 2.72. The number of sulfonamides is 1. The van der Waals surface area contributed by atoms with Gasteiger partial charge in [0, 0.05) is 18.3 Å². The number of carbonyl (C=O) groups excluding carboxylic acids is 1. The fourth-order valence-corrected chi connectivity index (χ4v) is 2.69. The first-order valence-electron chi connectivity index (χ1n) is 6.15. The van der Waals surface area contributed by atoms with E-state index in [0.717, 1.165) is 4.31 Å². The number of likely N-dealkylation sites (N-methyl/N-ethyl adjacent to an activating group) is 1. The van der Waals surface area contributed by atoms with Crippen LogP contribution in [0.5, 0.6) is 0 Å². The van der Waals surface area contributed by atoms with Crippen LogP contribution < -0.4 is 11.1 Å². The monoisotopic (exact) mass is 299 g/mol. The molecule has 7 heteroatoms. The lowest BCUT2D eigenvalue weighted by atomic mass is 10.1. The number of carbonyl (C=O) groups is 1. The first-order valence-corrected chi connectivity index (χ1v) is 7.59. The molecule has 0 spiro atoms. The fraction of sp³-hybridized carbons (Fsp3) is 0.462. The fourth-order valence-electron chi connectivity index (χ4n) is 1.56. The Hall–Kier alpha value is -1.60. The molecule has 1 aromatic rings. The number of rotatable bonds is 4. The number of nitrogens with two attached hydrogens (primary N) is 1. The molecule has 1 aromatic carbocycles. The van der Waals surface area contributed by atoms with E-state index in [-0.39, 0.29) is 17.3 Å². The summed E-state index contributed by atoms with van der Waals surface area (Å²) >= 11 is 0. The zero-order valence-corrected chi connectivity index (χ0v) is 13.0. The van der Waals surface area contributed by atoms with Gasteiger partial charge in [0.25, 0.3) is 0 Å². The third kappa shape index (κ3) is 4.50. The van der Waals surface area contributed by atoms with Crippen molar-refractivity contribution in [2.75, 3.05) is 19.3 Å². The third-order valence-corrected chi connectivity index (χ3v) is 4.29. The minimum Gasteiger partial charge on any atom is -0.399 e. The molecule has 0 aromatic heterocycles. The molecule has 0 unspecified atom stereocenters. The number of nitrogen functional groups attached to an aromatic ring is 1. The Morgan fingerprint density at radius 1 is 1.25 bits per heavy atom. The van der Waals surface area contributed by atoms with Crippen LogP contribution in [0.15, 0.2) is 29.2 Å². The van der Waals surface area contributed by atoms with Crippen LogP contribution in [0.1, 0.15) is 20.8 Å². The van der Waals surface area contributed by atoms with Gasteiger partial charge in [-0.15, -0.1) is 0 Å². The van der Waals surface area contributed by atoms with Gasteiger partial charge in [0.15, 0.2) is 0 Å². The maximum atomic E-state index is 12.2. The standard InChI is InChI=1S/C13H21N3O3S/c1-13(2,3)15-12(17)9-16(4)20(18,19)11-7-5-10(14)6-8-11/h5-8H,9,14H2,1-4H3,(H,15,17). The second-order valence-corrected chi connectivity index (χ2v) is 7.67. The first kappa shape index (κ1) is 16.5. The van der Waals surface area contributed by atoms with Gasteiger partial charge in [0.2, 0.25) is 15.9 Å². The molecule has 1 amide bonds. The number of nitrogens with one attached hydrogen (secondary N) is 1. The molecule has 1 rings (SSSR count). The predicted octanol–water partition coefficient (Wildman–Crippen LogP) is 0.804. The van der Waals surface area contributed by atoms with E-state index in [1.54, 1.807) is 0 Å². The van der Waals surface area contributed by atoms with Gasteiger partial charge in [-0.25, -0.2) is 8.42 Å². The van der Waals surface area contributed by atoms with E-state index < -0.39 is 15.6 Å². The van der Waals surface area contributed by atoms with Crippen LogP contribution in [0.3, 0.4) is 0 Å². The van der Waals surface area contributed by atoms with Crippen LogP contribution in [0, 0.1) is 0 Å². The summed E-state index contributed by atoms with van der Waals surface area (Å²) < 4.78 is 25.5. The van der Waals surface area contributed by atoms with E-state index in [0.29, 0.717) is 5.69 Å². The summed E-state index contributed by atoms with van der Waals surface area (Å²) in [6, 6.07) is 5.86. The Bertz CT molecular complexity index is 574. The molecule has 0 heterocycles. The molecular formula is C13H21N3O3S. The lowest BCUT2D eigenvalue weighted by Crippen LogP contribution is -2.46. The van der Waals surface area contributed by atoms with Gasteiger partial charge < -0.3 is 11.1 Å². The van der Waals surface area contributed by atoms with Gasteiger partial charge in [-0.2, -0.15) is 4.31 Å². The highest BCUT2D eigenvalue weighted by Crippen LogP contribution is 2.15. The maximum absolute atomic E-state index is 12.2. The normalized spacial score (nSPS) is 12.4. The molecule has 3 N–H and O–H groups in total. The summed E-state index contributed by atoms with van der Waals surface area (Å²) in [6.07, 6.45) is 0. The first-order chi connectivity index (χ1) is 9.02. The Morgan fingerprint density at radius 3 is 2.20 bits per heavy atom. The zero-order chi connectivity index (χ0) is 15.6. The number of benzene rings is 1. The second-order valence-electron chi connectivity index (χ2n) is 5.63. The average molecular weight is 299 g/mol. The topological polar surface area (TPSA) is 92.5 Å². The summed E-state index contributed by atoms with van der Waals surface area (Å²) in [6.45, 7) is 5.27. The van der Waals surface area contributed by atoms with E-state index in [9.17, 15) is 13.2 Å². The number of hydrogen-bond donors (Lipinski definition) is 2. The molecule has 6 nitrogen and oxygen atoms in total. The summed E-state index contributed by atoms with van der Waals surface area (Å²) in [5.41, 5.74) is 5.61. The summed E-state index contributed by atoms with van der Waals surface area (Å²) in [4.78, 5) is 11.9. The Morgan fingerprint density at radius 2 is 1.75 bits per heavy atom. The van der Waals surface area contributed by atoms with Crippen molar-refractivity contribution in [2.45, 2.75) is 31.2 Å². The second kappa shape index (κ2) is 5.80. The number of hydrogen-bond acceptors (Lipinski definition) is 4. The van der Waals surface area contributed by atoms with Gasteiger partial charge >= 0.3 is 0 Å². The summed E-state index contributed by atoms with van der Waals surface area (Å²) in [7, 11) is -2.32. The Labute approximate surface area is 120 Å². The Balaban J connectivity index is 2.83. The van der Waals surface area contributed by atoms with Crippen LogP contribution >= 0.6 is 0 Å². The van der Waals surface area contributed by atoms with Crippen molar-refractivity contribution >= 4 is 21.6 Å². The highest BCUT2D eigenvalue weighted by Gasteiger charge is 2.24. The van der Waals surface area contributed by atoms with Crippen LogP contribution in [-0.2, 0) is 14.8 Å². The predicted molar refractivity (Wildman–Crippen MR) is 78.6 cm³/mol. The van der Waals surface area contributed by atoms with Crippen molar-refractivity contribution in [3.63, 3.8) is 0 Å². The number of nitrogens with zero attached hydrogens (tertiary/aromatic N) is 1. The molecule has 0 fully saturated rings. The van der Waals surface area contributed by atoms with E-state index in [1.807, 2.05) is 20.8 Å². The molecular weight excluding hydrogens is 278 g/mol. The van der Waals surface area contributed by atoms with Crippen LogP contribution in [0.4, 0.5) is 5.69 Å². The van der Waals surface area contributed by atoms with Gasteiger partial charge in [-0.1, -0.05) is 0 Å². The quantitative estimate of drug-likeness (QED) is 0.804. The molecule has 0 atom stereocenters. The number of amides is 1. The minimum atomic E-state index is -3.69. The van der Waals surface area contributed by atoms with E-state index >= 15 is 0 Å². The van der Waals surface area contributed by atoms with E-state index in [1.165, 1.54) is 31.3 Å². The lowest BCUT2D eigenvalue weighted by Gasteiger charge is -2.23.